The summed E-state index contributed by atoms with van der Waals surface area (Å²) in [5, 5.41) is 11.0. The number of carbonyl (C=O) groups excluding carboxylic acids is 1. The first-order valence-electron chi connectivity index (χ1n) is 9.00. The second-order valence-electron chi connectivity index (χ2n) is 7.09. The Bertz CT molecular complexity index is 582. The number of likely N-dealkylation sites (N-methyl/N-ethyl adjacent to an activating group) is 1. The van der Waals surface area contributed by atoms with Crippen molar-refractivity contribution >= 4 is 5.91 Å². The second-order valence-corrected chi connectivity index (χ2v) is 7.09. The Kier molecular flexibility index (Phi) is 5.61. The number of hydrogen-bond acceptors (Lipinski definition) is 5. The zero-order valence-corrected chi connectivity index (χ0v) is 15.1. The van der Waals surface area contributed by atoms with Crippen molar-refractivity contribution in [3.8, 4) is 5.75 Å². The second kappa shape index (κ2) is 7.72. The number of benzene rings is 1. The Morgan fingerprint density at radius 1 is 1.28 bits per heavy atom. The lowest BCUT2D eigenvalue weighted by Crippen LogP contribution is -2.43. The van der Waals surface area contributed by atoms with E-state index in [9.17, 15) is 9.90 Å². The van der Waals surface area contributed by atoms with Gasteiger partial charge in [0.05, 0.1) is 13.2 Å². The molecule has 0 aromatic heterocycles. The third-order valence-corrected chi connectivity index (χ3v) is 5.33. The Hall–Kier alpha value is -1.63. The molecule has 6 heteroatoms. The Balaban J connectivity index is 1.57. The number of morpholine rings is 1. The molecule has 2 aliphatic heterocycles. The number of aliphatic hydroxyl groups is 1. The summed E-state index contributed by atoms with van der Waals surface area (Å²) >= 11 is 0. The number of amides is 1. The molecular formula is C19H28N2O4. The Morgan fingerprint density at radius 2 is 1.96 bits per heavy atom. The van der Waals surface area contributed by atoms with E-state index >= 15 is 0 Å². The van der Waals surface area contributed by atoms with Gasteiger partial charge in [0.2, 0.25) is 0 Å². The highest BCUT2D eigenvalue weighted by Gasteiger charge is 2.38. The fourth-order valence-corrected chi connectivity index (χ4v) is 3.75. The molecule has 1 aromatic rings. The predicted octanol–water partition coefficient (Wildman–Crippen LogP) is 1.23. The van der Waals surface area contributed by atoms with Crippen LogP contribution >= 0.6 is 0 Å². The van der Waals surface area contributed by atoms with Crippen LogP contribution in [0.15, 0.2) is 24.3 Å². The molecule has 2 saturated heterocycles. The molecule has 2 heterocycles. The SMILES string of the molecule is CN1CCC[C@@H]1C(C)(O)c1ccc(OCC(=O)N2CCOCC2)cc1. The van der Waals surface area contributed by atoms with E-state index in [1.54, 1.807) is 4.90 Å². The van der Waals surface area contributed by atoms with Gasteiger partial charge in [0.1, 0.15) is 11.4 Å². The van der Waals surface area contributed by atoms with E-state index in [1.165, 1.54) is 0 Å². The van der Waals surface area contributed by atoms with Gasteiger partial charge in [-0.1, -0.05) is 12.1 Å². The average Bonchev–Trinajstić information content (AvgIpc) is 3.07. The standard InChI is InChI=1S/C19H28N2O4/c1-19(23,17-4-3-9-20(17)2)15-5-7-16(8-6-15)25-14-18(22)21-10-12-24-13-11-21/h5-8,17,23H,3-4,9-14H2,1-2H3/t17-,19?/m1/s1. The number of rotatable bonds is 5. The van der Waals surface area contributed by atoms with Crippen molar-refractivity contribution in [2.45, 2.75) is 31.4 Å². The van der Waals surface area contributed by atoms with Crippen LogP contribution in [0.4, 0.5) is 0 Å². The van der Waals surface area contributed by atoms with Gasteiger partial charge in [0.25, 0.3) is 5.91 Å². The van der Waals surface area contributed by atoms with E-state index in [0.29, 0.717) is 32.1 Å². The number of nitrogens with zero attached hydrogens (tertiary/aromatic N) is 2. The first-order chi connectivity index (χ1) is 12.0. The summed E-state index contributed by atoms with van der Waals surface area (Å²) in [6, 6.07) is 7.56. The average molecular weight is 348 g/mol. The normalized spacial score (nSPS) is 24.1. The van der Waals surface area contributed by atoms with Gasteiger partial charge in [-0.3, -0.25) is 4.79 Å². The van der Waals surface area contributed by atoms with Crippen LogP contribution in [0.5, 0.6) is 5.75 Å². The predicted molar refractivity (Wildman–Crippen MR) is 94.6 cm³/mol. The Morgan fingerprint density at radius 3 is 2.56 bits per heavy atom. The highest BCUT2D eigenvalue weighted by Crippen LogP contribution is 2.34. The maximum atomic E-state index is 12.1. The number of carbonyl (C=O) groups is 1. The molecule has 0 aliphatic carbocycles. The molecule has 2 fully saturated rings. The lowest BCUT2D eigenvalue weighted by Gasteiger charge is -2.35. The monoisotopic (exact) mass is 348 g/mol. The smallest absolute Gasteiger partial charge is 0.260 e. The largest absolute Gasteiger partial charge is 0.484 e. The van der Waals surface area contributed by atoms with E-state index in [-0.39, 0.29) is 18.6 Å². The van der Waals surface area contributed by atoms with Crippen molar-refractivity contribution in [3.05, 3.63) is 29.8 Å². The lowest BCUT2D eigenvalue weighted by molar-refractivity contribution is -0.137. The van der Waals surface area contributed by atoms with E-state index in [1.807, 2.05) is 31.2 Å². The zero-order chi connectivity index (χ0) is 17.9. The Labute approximate surface area is 149 Å². The van der Waals surface area contributed by atoms with Gasteiger partial charge in [-0.2, -0.15) is 0 Å². The fraction of sp³-hybridized carbons (Fsp3) is 0.632. The number of likely N-dealkylation sites (tertiary alicyclic amines) is 1. The maximum absolute atomic E-state index is 12.1. The first-order valence-corrected chi connectivity index (χ1v) is 9.00. The van der Waals surface area contributed by atoms with Gasteiger partial charge in [0.15, 0.2) is 6.61 Å². The van der Waals surface area contributed by atoms with Gasteiger partial charge in [-0.15, -0.1) is 0 Å². The molecular weight excluding hydrogens is 320 g/mol. The van der Waals surface area contributed by atoms with Crippen LogP contribution in [-0.4, -0.2) is 73.4 Å². The molecule has 0 bridgehead atoms. The van der Waals surface area contributed by atoms with Crippen molar-refractivity contribution in [2.75, 3.05) is 46.5 Å². The van der Waals surface area contributed by atoms with E-state index in [4.69, 9.17) is 9.47 Å². The molecule has 6 nitrogen and oxygen atoms in total. The van der Waals surface area contributed by atoms with E-state index < -0.39 is 5.60 Å². The summed E-state index contributed by atoms with van der Waals surface area (Å²) in [7, 11) is 2.06. The van der Waals surface area contributed by atoms with Crippen molar-refractivity contribution < 1.29 is 19.4 Å². The van der Waals surface area contributed by atoms with Crippen molar-refractivity contribution in [1.29, 1.82) is 0 Å². The number of hydrogen-bond donors (Lipinski definition) is 1. The number of ether oxygens (including phenoxy) is 2. The van der Waals surface area contributed by atoms with Gasteiger partial charge in [-0.05, 0) is 51.1 Å². The molecule has 2 aliphatic rings. The molecule has 0 radical (unpaired) electrons. The molecule has 1 amide bonds. The summed E-state index contributed by atoms with van der Waals surface area (Å²) < 4.78 is 10.9. The third-order valence-electron chi connectivity index (χ3n) is 5.33. The fourth-order valence-electron chi connectivity index (χ4n) is 3.75. The van der Waals surface area contributed by atoms with Crippen LogP contribution in [0.1, 0.15) is 25.3 Å². The molecule has 3 rings (SSSR count). The molecule has 25 heavy (non-hydrogen) atoms. The van der Waals surface area contributed by atoms with Gasteiger partial charge in [0, 0.05) is 19.1 Å². The van der Waals surface area contributed by atoms with Gasteiger partial charge in [-0.25, -0.2) is 0 Å². The molecule has 0 spiro atoms. The van der Waals surface area contributed by atoms with Gasteiger partial charge >= 0.3 is 0 Å². The quantitative estimate of drug-likeness (QED) is 0.867. The van der Waals surface area contributed by atoms with Gasteiger partial charge < -0.3 is 24.4 Å². The van der Waals surface area contributed by atoms with Crippen LogP contribution in [-0.2, 0) is 15.1 Å². The summed E-state index contributed by atoms with van der Waals surface area (Å²) in [6.07, 6.45) is 2.11. The molecule has 138 valence electrons. The summed E-state index contributed by atoms with van der Waals surface area (Å²) in [6.45, 7) is 5.35. The van der Waals surface area contributed by atoms with Crippen molar-refractivity contribution in [2.24, 2.45) is 0 Å². The lowest BCUT2D eigenvalue weighted by atomic mass is 9.87. The molecule has 0 saturated carbocycles. The molecule has 1 unspecified atom stereocenters. The van der Waals surface area contributed by atoms with Crippen molar-refractivity contribution in [1.82, 2.24) is 9.80 Å². The van der Waals surface area contributed by atoms with E-state index in [2.05, 4.69) is 11.9 Å². The summed E-state index contributed by atoms with van der Waals surface area (Å²) in [5.74, 6) is 0.618. The van der Waals surface area contributed by atoms with Crippen LogP contribution in [0.3, 0.4) is 0 Å². The minimum atomic E-state index is -0.895. The van der Waals surface area contributed by atoms with Crippen LogP contribution < -0.4 is 4.74 Å². The molecule has 2 atom stereocenters. The minimum Gasteiger partial charge on any atom is -0.484 e. The van der Waals surface area contributed by atoms with E-state index in [0.717, 1.165) is 24.9 Å². The minimum absolute atomic E-state index is 0.0213. The van der Waals surface area contributed by atoms with Crippen molar-refractivity contribution in [3.63, 3.8) is 0 Å². The molecule has 1 N–H and O–H groups in total. The summed E-state index contributed by atoms with van der Waals surface area (Å²) in [5.41, 5.74) is -0.0222. The zero-order valence-electron chi connectivity index (χ0n) is 15.1. The summed E-state index contributed by atoms with van der Waals surface area (Å²) in [4.78, 5) is 16.1. The topological polar surface area (TPSA) is 62.2 Å². The maximum Gasteiger partial charge on any atom is 0.260 e. The highest BCUT2D eigenvalue weighted by molar-refractivity contribution is 5.77. The van der Waals surface area contributed by atoms with Crippen LogP contribution in [0.2, 0.25) is 0 Å². The third kappa shape index (κ3) is 4.14. The molecule has 1 aromatic carbocycles. The van der Waals surface area contributed by atoms with Crippen LogP contribution in [0.25, 0.3) is 0 Å². The van der Waals surface area contributed by atoms with Crippen LogP contribution in [0, 0.1) is 0 Å². The first kappa shape index (κ1) is 18.2. The highest BCUT2D eigenvalue weighted by atomic mass is 16.5.